The molecule has 4 heteroatoms. The van der Waals surface area contributed by atoms with E-state index in [1.54, 1.807) is 0 Å². The molecule has 1 aromatic carbocycles. The summed E-state index contributed by atoms with van der Waals surface area (Å²) in [6.07, 6.45) is 0. The van der Waals surface area contributed by atoms with Crippen LogP contribution in [0.25, 0.3) is 22.4 Å². The van der Waals surface area contributed by atoms with Crippen LogP contribution in [0, 0.1) is 27.7 Å². The van der Waals surface area contributed by atoms with Gasteiger partial charge in [0.1, 0.15) is 11.5 Å². The molecular weight excluding hydrogens is 262 g/mol. The zero-order chi connectivity index (χ0) is 15.1. The van der Waals surface area contributed by atoms with Crippen LogP contribution < -0.4 is 5.73 Å². The van der Waals surface area contributed by atoms with Gasteiger partial charge in [-0.15, -0.1) is 0 Å². The fraction of sp³-hybridized carbons (Fsp3) is 0.235. The third-order valence-electron chi connectivity index (χ3n) is 3.91. The number of hydrogen-bond donors (Lipinski definition) is 2. The van der Waals surface area contributed by atoms with Crippen molar-refractivity contribution in [3.63, 3.8) is 0 Å². The summed E-state index contributed by atoms with van der Waals surface area (Å²) in [4.78, 5) is 0. The maximum atomic E-state index is 6.09. The first-order chi connectivity index (χ1) is 9.99. The Kier molecular flexibility index (Phi) is 3.09. The van der Waals surface area contributed by atoms with Crippen molar-refractivity contribution in [2.45, 2.75) is 27.7 Å². The summed E-state index contributed by atoms with van der Waals surface area (Å²) >= 11 is 0. The molecule has 0 radical (unpaired) electrons. The van der Waals surface area contributed by atoms with Gasteiger partial charge in [0.2, 0.25) is 0 Å². The number of nitrogens with zero attached hydrogens (tertiary/aromatic N) is 1. The number of aryl methyl sites for hydroxylation is 3. The number of nitrogen functional groups attached to an aromatic ring is 1. The normalized spacial score (nSPS) is 11.0. The van der Waals surface area contributed by atoms with Crippen LogP contribution in [-0.4, -0.2) is 10.2 Å². The second-order valence-corrected chi connectivity index (χ2v) is 5.44. The fourth-order valence-corrected chi connectivity index (χ4v) is 2.79. The molecule has 0 atom stereocenters. The molecule has 0 spiro atoms. The molecule has 0 unspecified atom stereocenters. The summed E-state index contributed by atoms with van der Waals surface area (Å²) in [5, 5.41) is 7.27. The third kappa shape index (κ3) is 2.13. The van der Waals surface area contributed by atoms with Crippen molar-refractivity contribution in [2.75, 3.05) is 5.73 Å². The van der Waals surface area contributed by atoms with Crippen molar-refractivity contribution in [3.05, 3.63) is 46.9 Å². The van der Waals surface area contributed by atoms with Crippen LogP contribution in [0.1, 0.15) is 22.6 Å². The van der Waals surface area contributed by atoms with E-state index in [2.05, 4.69) is 42.2 Å². The van der Waals surface area contributed by atoms with Crippen LogP contribution in [0.2, 0.25) is 0 Å². The first kappa shape index (κ1) is 13.5. The Morgan fingerprint density at radius 1 is 1.05 bits per heavy atom. The molecule has 0 amide bonds. The molecule has 0 bridgehead atoms. The minimum Gasteiger partial charge on any atom is -0.466 e. The SMILES string of the molecule is Cc1cccc(-c2c(N)n[nH]c2-c2c(C)oc(C)c2C)c1. The van der Waals surface area contributed by atoms with Crippen LogP contribution in [0.3, 0.4) is 0 Å². The molecule has 0 aliphatic heterocycles. The Balaban J connectivity index is 2.27. The van der Waals surface area contributed by atoms with Crippen LogP contribution in [0.15, 0.2) is 28.7 Å². The number of aromatic nitrogens is 2. The van der Waals surface area contributed by atoms with E-state index in [-0.39, 0.29) is 0 Å². The number of nitrogens with one attached hydrogen (secondary N) is 1. The summed E-state index contributed by atoms with van der Waals surface area (Å²) in [7, 11) is 0. The van der Waals surface area contributed by atoms with E-state index in [4.69, 9.17) is 10.2 Å². The molecule has 21 heavy (non-hydrogen) atoms. The van der Waals surface area contributed by atoms with Gasteiger partial charge in [0.05, 0.1) is 11.3 Å². The van der Waals surface area contributed by atoms with Gasteiger partial charge in [-0.05, 0) is 38.8 Å². The lowest BCUT2D eigenvalue weighted by atomic mass is 9.97. The van der Waals surface area contributed by atoms with Crippen molar-refractivity contribution < 1.29 is 4.42 Å². The van der Waals surface area contributed by atoms with Crippen molar-refractivity contribution in [1.82, 2.24) is 10.2 Å². The van der Waals surface area contributed by atoms with Crippen molar-refractivity contribution in [1.29, 1.82) is 0 Å². The summed E-state index contributed by atoms with van der Waals surface area (Å²) in [5.74, 6) is 2.31. The minimum absolute atomic E-state index is 0.508. The summed E-state index contributed by atoms with van der Waals surface area (Å²) in [5.41, 5.74) is 12.4. The lowest BCUT2D eigenvalue weighted by Gasteiger charge is -2.06. The van der Waals surface area contributed by atoms with Gasteiger partial charge in [0, 0.05) is 5.56 Å². The van der Waals surface area contributed by atoms with Gasteiger partial charge in [-0.1, -0.05) is 29.8 Å². The van der Waals surface area contributed by atoms with Gasteiger partial charge in [-0.2, -0.15) is 5.10 Å². The zero-order valence-electron chi connectivity index (χ0n) is 12.7. The highest BCUT2D eigenvalue weighted by Gasteiger charge is 2.21. The van der Waals surface area contributed by atoms with Gasteiger partial charge in [0.25, 0.3) is 0 Å². The number of rotatable bonds is 2. The van der Waals surface area contributed by atoms with E-state index in [0.29, 0.717) is 5.82 Å². The molecule has 3 N–H and O–H groups in total. The molecule has 2 heterocycles. The van der Waals surface area contributed by atoms with Crippen LogP contribution >= 0.6 is 0 Å². The number of H-pyrrole nitrogens is 1. The Hall–Kier alpha value is -2.49. The van der Waals surface area contributed by atoms with E-state index >= 15 is 0 Å². The smallest absolute Gasteiger partial charge is 0.153 e. The average molecular weight is 281 g/mol. The summed E-state index contributed by atoms with van der Waals surface area (Å²) in [6, 6.07) is 8.26. The number of nitrogens with two attached hydrogens (primary N) is 1. The van der Waals surface area contributed by atoms with E-state index in [9.17, 15) is 0 Å². The van der Waals surface area contributed by atoms with Gasteiger partial charge in [-0.3, -0.25) is 5.10 Å². The molecule has 0 saturated heterocycles. The first-order valence-corrected chi connectivity index (χ1v) is 6.97. The molecule has 0 saturated carbocycles. The van der Waals surface area contributed by atoms with Crippen molar-refractivity contribution >= 4 is 5.82 Å². The van der Waals surface area contributed by atoms with E-state index in [0.717, 1.165) is 39.5 Å². The monoisotopic (exact) mass is 281 g/mol. The summed E-state index contributed by atoms with van der Waals surface area (Å²) in [6.45, 7) is 8.06. The van der Waals surface area contributed by atoms with Crippen LogP contribution in [-0.2, 0) is 0 Å². The standard InChI is InChI=1S/C17H19N3O/c1-9-6-5-7-13(8-9)15-16(19-20-17(15)18)14-10(2)11(3)21-12(14)4/h5-8H,1-4H3,(H3,18,19,20). The predicted octanol–water partition coefficient (Wildman–Crippen LogP) is 4.15. The predicted molar refractivity (Wildman–Crippen MR) is 85.1 cm³/mol. The molecule has 4 nitrogen and oxygen atoms in total. The van der Waals surface area contributed by atoms with E-state index in [1.165, 1.54) is 5.56 Å². The molecule has 3 rings (SSSR count). The number of benzene rings is 1. The molecule has 0 aliphatic rings. The van der Waals surface area contributed by atoms with Gasteiger partial charge < -0.3 is 10.2 Å². The van der Waals surface area contributed by atoms with Gasteiger partial charge in [-0.25, -0.2) is 0 Å². The topological polar surface area (TPSA) is 67.8 Å². The Bertz CT molecular complexity index is 812. The second-order valence-electron chi connectivity index (χ2n) is 5.44. The fourth-order valence-electron chi connectivity index (χ4n) is 2.79. The summed E-state index contributed by atoms with van der Waals surface area (Å²) < 4.78 is 5.73. The van der Waals surface area contributed by atoms with Crippen LogP contribution in [0.4, 0.5) is 5.82 Å². The lowest BCUT2D eigenvalue weighted by molar-refractivity contribution is 0.503. The zero-order valence-corrected chi connectivity index (χ0v) is 12.7. The highest BCUT2D eigenvalue weighted by molar-refractivity contribution is 5.89. The van der Waals surface area contributed by atoms with E-state index < -0.39 is 0 Å². The largest absolute Gasteiger partial charge is 0.466 e. The minimum atomic E-state index is 0.508. The third-order valence-corrected chi connectivity index (χ3v) is 3.91. The number of furan rings is 1. The van der Waals surface area contributed by atoms with E-state index in [1.807, 2.05) is 19.9 Å². The Morgan fingerprint density at radius 2 is 1.81 bits per heavy atom. The van der Waals surface area contributed by atoms with Gasteiger partial charge in [0.15, 0.2) is 5.82 Å². The molecular formula is C17H19N3O. The first-order valence-electron chi connectivity index (χ1n) is 6.97. The molecule has 0 fully saturated rings. The molecule has 2 aromatic heterocycles. The number of anilines is 1. The average Bonchev–Trinajstić information content (AvgIpc) is 2.91. The highest BCUT2D eigenvalue weighted by atomic mass is 16.3. The van der Waals surface area contributed by atoms with Gasteiger partial charge >= 0.3 is 0 Å². The lowest BCUT2D eigenvalue weighted by Crippen LogP contribution is -1.90. The Labute approximate surface area is 124 Å². The Morgan fingerprint density at radius 3 is 2.43 bits per heavy atom. The number of hydrogen-bond acceptors (Lipinski definition) is 3. The number of aromatic amines is 1. The maximum Gasteiger partial charge on any atom is 0.153 e. The highest BCUT2D eigenvalue weighted by Crippen LogP contribution is 2.39. The second kappa shape index (κ2) is 4.81. The maximum absolute atomic E-state index is 6.09. The quantitative estimate of drug-likeness (QED) is 0.741. The molecule has 0 aliphatic carbocycles. The van der Waals surface area contributed by atoms with Crippen molar-refractivity contribution in [3.8, 4) is 22.4 Å². The molecule has 108 valence electrons. The molecule has 3 aromatic rings. The van der Waals surface area contributed by atoms with Crippen LogP contribution in [0.5, 0.6) is 0 Å². The van der Waals surface area contributed by atoms with Crippen molar-refractivity contribution in [2.24, 2.45) is 0 Å².